The fraction of sp³-hybridized carbons (Fsp3) is 0.438. The number of hydrogen-bond acceptors (Lipinski definition) is 2. The number of fused-ring (bicyclic) bond motifs is 3. The van der Waals surface area contributed by atoms with Crippen molar-refractivity contribution in [2.45, 2.75) is 32.2 Å². The van der Waals surface area contributed by atoms with Crippen molar-refractivity contribution in [3.63, 3.8) is 0 Å². The van der Waals surface area contributed by atoms with Crippen LogP contribution in [-0.2, 0) is 12.8 Å². The van der Waals surface area contributed by atoms with Gasteiger partial charge in [-0.3, -0.25) is 0 Å². The van der Waals surface area contributed by atoms with Crippen LogP contribution in [0.1, 0.15) is 24.6 Å². The van der Waals surface area contributed by atoms with Crippen molar-refractivity contribution in [3.8, 4) is 0 Å². The van der Waals surface area contributed by atoms with E-state index in [1.165, 1.54) is 28.6 Å². The van der Waals surface area contributed by atoms with Gasteiger partial charge in [-0.15, -0.1) is 0 Å². The van der Waals surface area contributed by atoms with E-state index >= 15 is 0 Å². The molecule has 2 aromatic rings. The van der Waals surface area contributed by atoms with E-state index in [-0.39, 0.29) is 0 Å². The first-order valence-corrected chi connectivity index (χ1v) is 7.97. The van der Waals surface area contributed by atoms with Gasteiger partial charge < -0.3 is 20.9 Å². The Hall–Kier alpha value is -1.59. The normalized spacial score (nSPS) is 17.5. The molecule has 1 heterocycles. The lowest BCUT2D eigenvalue weighted by Crippen LogP contribution is -2.31. The lowest BCUT2D eigenvalue weighted by atomic mass is 9.91. The maximum absolute atomic E-state index is 5.26. The molecule has 0 fully saturated rings. The standard InChI is InChI=1S/C16H22N4S/c1-3-18-16(21)19-11-5-7-15-13(9-11)12-8-10(17-2)4-6-14(12)20-15/h5,7,9-10,17,20H,3-4,6,8H2,1-2H3,(H2,18,19,21). The van der Waals surface area contributed by atoms with E-state index in [1.807, 2.05) is 14.0 Å². The number of H-pyrrole nitrogens is 1. The second-order valence-electron chi connectivity index (χ2n) is 5.56. The second kappa shape index (κ2) is 6.03. The molecule has 1 aliphatic carbocycles. The summed E-state index contributed by atoms with van der Waals surface area (Å²) in [5, 5.41) is 11.8. The minimum Gasteiger partial charge on any atom is -0.363 e. The van der Waals surface area contributed by atoms with Crippen LogP contribution < -0.4 is 16.0 Å². The molecule has 0 saturated heterocycles. The molecular formula is C16H22N4S. The fourth-order valence-electron chi connectivity index (χ4n) is 3.08. The van der Waals surface area contributed by atoms with Crippen LogP contribution in [0.3, 0.4) is 0 Å². The van der Waals surface area contributed by atoms with Crippen LogP contribution in [0.2, 0.25) is 0 Å². The van der Waals surface area contributed by atoms with E-state index in [0.717, 1.165) is 25.1 Å². The summed E-state index contributed by atoms with van der Waals surface area (Å²) in [6, 6.07) is 6.99. The van der Waals surface area contributed by atoms with Crippen molar-refractivity contribution in [2.75, 3.05) is 18.9 Å². The van der Waals surface area contributed by atoms with Crippen LogP contribution >= 0.6 is 12.2 Å². The summed E-state index contributed by atoms with van der Waals surface area (Å²) < 4.78 is 0. The van der Waals surface area contributed by atoms with Gasteiger partial charge >= 0.3 is 0 Å². The molecule has 1 atom stereocenters. The minimum absolute atomic E-state index is 0.580. The summed E-state index contributed by atoms with van der Waals surface area (Å²) >= 11 is 5.26. The number of benzene rings is 1. The third-order valence-electron chi connectivity index (χ3n) is 4.19. The quantitative estimate of drug-likeness (QED) is 0.658. The Kier molecular flexibility index (Phi) is 4.12. The van der Waals surface area contributed by atoms with Gasteiger partial charge in [0.05, 0.1) is 0 Å². The highest BCUT2D eigenvalue weighted by atomic mass is 32.1. The molecule has 0 radical (unpaired) electrons. The van der Waals surface area contributed by atoms with E-state index in [1.54, 1.807) is 0 Å². The average Bonchev–Trinajstić information content (AvgIpc) is 2.84. The predicted octanol–water partition coefficient (Wildman–Crippen LogP) is 2.55. The Morgan fingerprint density at radius 2 is 2.29 bits per heavy atom. The molecule has 0 bridgehead atoms. The average molecular weight is 302 g/mol. The third kappa shape index (κ3) is 2.89. The summed E-state index contributed by atoms with van der Waals surface area (Å²) in [6.07, 6.45) is 3.41. The molecule has 1 unspecified atom stereocenters. The fourth-order valence-corrected chi connectivity index (χ4v) is 3.34. The number of hydrogen-bond donors (Lipinski definition) is 4. The molecule has 1 aromatic carbocycles. The molecule has 0 saturated carbocycles. The zero-order chi connectivity index (χ0) is 14.8. The van der Waals surface area contributed by atoms with Gasteiger partial charge in [0.1, 0.15) is 0 Å². The van der Waals surface area contributed by atoms with Gasteiger partial charge in [0, 0.05) is 34.9 Å². The Balaban J connectivity index is 1.92. The van der Waals surface area contributed by atoms with Gasteiger partial charge in [-0.1, -0.05) is 0 Å². The molecule has 1 aliphatic rings. The summed E-state index contributed by atoms with van der Waals surface area (Å²) in [6.45, 7) is 2.87. The van der Waals surface area contributed by atoms with Gasteiger partial charge in [-0.2, -0.15) is 0 Å². The van der Waals surface area contributed by atoms with E-state index in [9.17, 15) is 0 Å². The van der Waals surface area contributed by atoms with Crippen molar-refractivity contribution in [3.05, 3.63) is 29.5 Å². The largest absolute Gasteiger partial charge is 0.363 e. The first-order chi connectivity index (χ1) is 10.2. The monoisotopic (exact) mass is 302 g/mol. The van der Waals surface area contributed by atoms with Crippen LogP contribution in [0.15, 0.2) is 18.2 Å². The topological polar surface area (TPSA) is 51.9 Å². The van der Waals surface area contributed by atoms with Crippen LogP contribution in [0.25, 0.3) is 10.9 Å². The number of aromatic amines is 1. The highest BCUT2D eigenvalue weighted by Gasteiger charge is 2.21. The smallest absolute Gasteiger partial charge is 0.170 e. The summed E-state index contributed by atoms with van der Waals surface area (Å²) in [5.74, 6) is 0. The van der Waals surface area contributed by atoms with Crippen molar-refractivity contribution >= 4 is 33.9 Å². The lowest BCUT2D eigenvalue weighted by Gasteiger charge is -2.21. The van der Waals surface area contributed by atoms with E-state index < -0.39 is 0 Å². The first kappa shape index (κ1) is 14.4. The number of aryl methyl sites for hydroxylation is 1. The molecule has 5 heteroatoms. The molecule has 21 heavy (non-hydrogen) atoms. The molecule has 0 aliphatic heterocycles. The van der Waals surface area contributed by atoms with Gasteiger partial charge in [-0.25, -0.2) is 0 Å². The van der Waals surface area contributed by atoms with Gasteiger partial charge in [0.15, 0.2) is 5.11 Å². The minimum atomic E-state index is 0.580. The van der Waals surface area contributed by atoms with E-state index in [4.69, 9.17) is 12.2 Å². The highest BCUT2D eigenvalue weighted by molar-refractivity contribution is 7.80. The molecule has 1 aromatic heterocycles. The SMILES string of the molecule is CCNC(=S)Nc1ccc2[nH]c3c(c2c1)CC(NC)CC3. The van der Waals surface area contributed by atoms with Gasteiger partial charge in [0.25, 0.3) is 0 Å². The maximum Gasteiger partial charge on any atom is 0.170 e. The van der Waals surface area contributed by atoms with Gasteiger partial charge in [0.2, 0.25) is 0 Å². The molecule has 0 spiro atoms. The number of anilines is 1. The van der Waals surface area contributed by atoms with Crippen molar-refractivity contribution in [2.24, 2.45) is 0 Å². The summed E-state index contributed by atoms with van der Waals surface area (Å²) in [7, 11) is 2.05. The summed E-state index contributed by atoms with van der Waals surface area (Å²) in [4.78, 5) is 3.56. The lowest BCUT2D eigenvalue weighted by molar-refractivity contribution is 0.495. The molecule has 4 N–H and O–H groups in total. The number of nitrogens with one attached hydrogen (secondary N) is 4. The maximum atomic E-state index is 5.26. The molecule has 4 nitrogen and oxygen atoms in total. The van der Waals surface area contributed by atoms with Crippen molar-refractivity contribution in [1.82, 2.24) is 15.6 Å². The first-order valence-electron chi connectivity index (χ1n) is 7.57. The molecular weight excluding hydrogens is 280 g/mol. The Morgan fingerprint density at radius 3 is 3.05 bits per heavy atom. The Bertz CT molecular complexity index is 662. The number of likely N-dealkylation sites (N-methyl/N-ethyl adjacent to an activating group) is 1. The zero-order valence-corrected chi connectivity index (χ0v) is 13.4. The number of rotatable bonds is 3. The van der Waals surface area contributed by atoms with Crippen LogP contribution in [0.4, 0.5) is 5.69 Å². The van der Waals surface area contributed by atoms with Crippen LogP contribution in [0.5, 0.6) is 0 Å². The predicted molar refractivity (Wildman–Crippen MR) is 93.1 cm³/mol. The second-order valence-corrected chi connectivity index (χ2v) is 5.96. The third-order valence-corrected chi connectivity index (χ3v) is 4.44. The number of thiocarbonyl (C=S) groups is 1. The van der Waals surface area contributed by atoms with Crippen molar-refractivity contribution < 1.29 is 0 Å². The van der Waals surface area contributed by atoms with E-state index in [0.29, 0.717) is 11.2 Å². The van der Waals surface area contributed by atoms with E-state index in [2.05, 4.69) is 39.1 Å². The Labute approximate surface area is 130 Å². The van der Waals surface area contributed by atoms with Gasteiger partial charge in [-0.05, 0) is 69.2 Å². The molecule has 0 amide bonds. The van der Waals surface area contributed by atoms with Crippen molar-refractivity contribution in [1.29, 1.82) is 0 Å². The summed E-state index contributed by atoms with van der Waals surface area (Å²) in [5.41, 5.74) is 5.11. The number of aromatic nitrogens is 1. The molecule has 112 valence electrons. The molecule has 3 rings (SSSR count). The highest BCUT2D eigenvalue weighted by Crippen LogP contribution is 2.30. The van der Waals surface area contributed by atoms with Crippen LogP contribution in [-0.4, -0.2) is 29.7 Å². The van der Waals surface area contributed by atoms with Crippen LogP contribution in [0, 0.1) is 0 Å². The zero-order valence-electron chi connectivity index (χ0n) is 12.5. The Morgan fingerprint density at radius 1 is 1.43 bits per heavy atom.